The van der Waals surface area contributed by atoms with Gasteiger partial charge in [-0.25, -0.2) is 0 Å². The molecular formula is C14H19BrN2O2. The number of methoxy groups -OCH3 is 1. The van der Waals surface area contributed by atoms with Crippen molar-refractivity contribution < 1.29 is 9.53 Å². The Balaban J connectivity index is 2.60. The van der Waals surface area contributed by atoms with E-state index in [9.17, 15) is 4.79 Å². The molecule has 0 aliphatic heterocycles. The van der Waals surface area contributed by atoms with Crippen molar-refractivity contribution in [2.24, 2.45) is 5.73 Å². The molecule has 0 heterocycles. The number of nitrogens with two attached hydrogens (primary N) is 1. The standard InChI is InChI=1S/C14H19BrN2O2/c1-8(16)14(6-7-14)12-10(15)4-5-11(19-3)13(12)17-9(2)18/h4-5,8H,6-7,16H2,1-3H3,(H,17,18). The zero-order chi connectivity index (χ0) is 14.2. The third kappa shape index (κ3) is 2.49. The summed E-state index contributed by atoms with van der Waals surface area (Å²) >= 11 is 3.58. The summed E-state index contributed by atoms with van der Waals surface area (Å²) in [4.78, 5) is 11.4. The number of amides is 1. The average Bonchev–Trinajstić information content (AvgIpc) is 3.10. The minimum Gasteiger partial charge on any atom is -0.495 e. The molecule has 4 nitrogen and oxygen atoms in total. The van der Waals surface area contributed by atoms with Crippen molar-refractivity contribution in [2.75, 3.05) is 12.4 Å². The Labute approximate surface area is 121 Å². The Morgan fingerprint density at radius 3 is 2.58 bits per heavy atom. The number of carbonyl (C=O) groups is 1. The molecule has 1 unspecified atom stereocenters. The van der Waals surface area contributed by atoms with Crippen molar-refractivity contribution in [3.8, 4) is 5.75 Å². The van der Waals surface area contributed by atoms with Crippen LogP contribution in [0.15, 0.2) is 16.6 Å². The minimum absolute atomic E-state index is 0.0309. The first-order valence-corrected chi connectivity index (χ1v) is 7.12. The van der Waals surface area contributed by atoms with Gasteiger partial charge in [-0.2, -0.15) is 0 Å². The van der Waals surface area contributed by atoms with Crippen LogP contribution in [-0.2, 0) is 10.2 Å². The first-order valence-electron chi connectivity index (χ1n) is 6.32. The maximum Gasteiger partial charge on any atom is 0.221 e. The molecule has 1 atom stereocenters. The normalized spacial score (nSPS) is 17.7. The van der Waals surface area contributed by atoms with E-state index in [2.05, 4.69) is 21.2 Å². The van der Waals surface area contributed by atoms with Crippen molar-refractivity contribution in [3.05, 3.63) is 22.2 Å². The first kappa shape index (κ1) is 14.3. The summed E-state index contributed by atoms with van der Waals surface area (Å²) in [7, 11) is 1.60. The van der Waals surface area contributed by atoms with Gasteiger partial charge in [-0.1, -0.05) is 15.9 Å². The lowest BCUT2D eigenvalue weighted by atomic mass is 9.87. The number of hydrogen-bond donors (Lipinski definition) is 2. The van der Waals surface area contributed by atoms with Crippen LogP contribution in [0.5, 0.6) is 5.75 Å². The lowest BCUT2D eigenvalue weighted by Gasteiger charge is -2.26. The Morgan fingerprint density at radius 2 is 2.16 bits per heavy atom. The molecule has 0 saturated heterocycles. The van der Waals surface area contributed by atoms with Gasteiger partial charge in [-0.15, -0.1) is 0 Å². The fourth-order valence-corrected chi connectivity index (χ4v) is 3.31. The summed E-state index contributed by atoms with van der Waals surface area (Å²) in [5.41, 5.74) is 7.87. The second-order valence-electron chi connectivity index (χ2n) is 5.13. The molecule has 0 spiro atoms. The monoisotopic (exact) mass is 326 g/mol. The molecule has 1 aliphatic rings. The highest BCUT2D eigenvalue weighted by Crippen LogP contribution is 2.56. The third-order valence-corrected chi connectivity index (χ3v) is 4.46. The van der Waals surface area contributed by atoms with E-state index in [-0.39, 0.29) is 17.4 Å². The summed E-state index contributed by atoms with van der Waals surface area (Å²) in [5, 5.41) is 2.89. The van der Waals surface area contributed by atoms with E-state index in [1.807, 2.05) is 19.1 Å². The molecule has 104 valence electrons. The molecule has 1 amide bonds. The quantitative estimate of drug-likeness (QED) is 0.894. The highest BCUT2D eigenvalue weighted by atomic mass is 79.9. The first-order chi connectivity index (χ1) is 8.92. The number of anilines is 1. The van der Waals surface area contributed by atoms with E-state index in [4.69, 9.17) is 10.5 Å². The molecule has 0 radical (unpaired) electrons. The van der Waals surface area contributed by atoms with E-state index >= 15 is 0 Å². The molecular weight excluding hydrogens is 308 g/mol. The average molecular weight is 327 g/mol. The van der Waals surface area contributed by atoms with E-state index < -0.39 is 0 Å². The lowest BCUT2D eigenvalue weighted by molar-refractivity contribution is -0.114. The van der Waals surface area contributed by atoms with Gasteiger partial charge in [-0.3, -0.25) is 4.79 Å². The highest BCUT2D eigenvalue weighted by molar-refractivity contribution is 9.10. The van der Waals surface area contributed by atoms with Gasteiger partial charge in [0.2, 0.25) is 5.91 Å². The zero-order valence-corrected chi connectivity index (χ0v) is 13.0. The molecule has 1 aromatic carbocycles. The summed E-state index contributed by atoms with van der Waals surface area (Å²) in [6, 6.07) is 3.82. The van der Waals surface area contributed by atoms with Crippen molar-refractivity contribution in [3.63, 3.8) is 0 Å². The van der Waals surface area contributed by atoms with Crippen LogP contribution in [0.2, 0.25) is 0 Å². The van der Waals surface area contributed by atoms with Crippen LogP contribution in [0.4, 0.5) is 5.69 Å². The van der Waals surface area contributed by atoms with Gasteiger partial charge in [0.15, 0.2) is 0 Å². The van der Waals surface area contributed by atoms with Gasteiger partial charge >= 0.3 is 0 Å². The summed E-state index contributed by atoms with van der Waals surface area (Å²) in [6.45, 7) is 3.51. The number of ether oxygens (including phenoxy) is 1. The maximum atomic E-state index is 11.4. The van der Waals surface area contributed by atoms with Crippen molar-refractivity contribution in [1.29, 1.82) is 0 Å². The van der Waals surface area contributed by atoms with Gasteiger partial charge < -0.3 is 15.8 Å². The Kier molecular flexibility index (Phi) is 3.87. The third-order valence-electron chi connectivity index (χ3n) is 3.80. The van der Waals surface area contributed by atoms with Crippen LogP contribution in [0.3, 0.4) is 0 Å². The number of nitrogens with one attached hydrogen (secondary N) is 1. The van der Waals surface area contributed by atoms with Gasteiger partial charge in [0, 0.05) is 28.4 Å². The SMILES string of the molecule is COc1ccc(Br)c(C2(C(C)N)CC2)c1NC(C)=O. The fourth-order valence-electron chi connectivity index (χ4n) is 2.58. The van der Waals surface area contributed by atoms with Gasteiger partial charge in [-0.05, 0) is 31.9 Å². The second kappa shape index (κ2) is 5.13. The van der Waals surface area contributed by atoms with Crippen LogP contribution in [0, 0.1) is 0 Å². The van der Waals surface area contributed by atoms with Crippen molar-refractivity contribution in [1.82, 2.24) is 0 Å². The Morgan fingerprint density at radius 1 is 1.53 bits per heavy atom. The topological polar surface area (TPSA) is 64.3 Å². The number of rotatable bonds is 4. The molecule has 1 fully saturated rings. The fraction of sp³-hybridized carbons (Fsp3) is 0.500. The predicted molar refractivity (Wildman–Crippen MR) is 79.6 cm³/mol. The zero-order valence-electron chi connectivity index (χ0n) is 11.4. The smallest absolute Gasteiger partial charge is 0.221 e. The molecule has 0 aromatic heterocycles. The van der Waals surface area contributed by atoms with E-state index in [0.29, 0.717) is 5.75 Å². The molecule has 5 heteroatoms. The van der Waals surface area contributed by atoms with E-state index in [1.165, 1.54) is 6.92 Å². The number of benzene rings is 1. The molecule has 19 heavy (non-hydrogen) atoms. The van der Waals surface area contributed by atoms with E-state index in [0.717, 1.165) is 28.6 Å². The Bertz CT molecular complexity index is 510. The molecule has 3 N–H and O–H groups in total. The van der Waals surface area contributed by atoms with Crippen molar-refractivity contribution in [2.45, 2.75) is 38.1 Å². The summed E-state index contributed by atoms with van der Waals surface area (Å²) < 4.78 is 6.33. The predicted octanol–water partition coefficient (Wildman–Crippen LogP) is 2.79. The minimum atomic E-state index is -0.113. The Hall–Kier alpha value is -1.07. The number of carbonyl (C=O) groups excluding carboxylic acids is 1. The van der Waals surface area contributed by atoms with Crippen LogP contribution < -0.4 is 15.8 Å². The maximum absolute atomic E-state index is 11.4. The number of hydrogen-bond acceptors (Lipinski definition) is 3. The largest absolute Gasteiger partial charge is 0.495 e. The van der Waals surface area contributed by atoms with Crippen LogP contribution >= 0.6 is 15.9 Å². The lowest BCUT2D eigenvalue weighted by Crippen LogP contribution is -2.33. The van der Waals surface area contributed by atoms with Crippen molar-refractivity contribution >= 4 is 27.5 Å². The van der Waals surface area contributed by atoms with Gasteiger partial charge in [0.1, 0.15) is 5.75 Å². The van der Waals surface area contributed by atoms with Crippen LogP contribution in [-0.4, -0.2) is 19.1 Å². The summed E-state index contributed by atoms with van der Waals surface area (Å²) in [6.07, 6.45) is 2.06. The molecule has 0 bridgehead atoms. The molecule has 1 aromatic rings. The molecule has 1 aliphatic carbocycles. The molecule has 2 rings (SSSR count). The summed E-state index contributed by atoms with van der Waals surface area (Å²) in [5.74, 6) is 0.554. The second-order valence-corrected chi connectivity index (χ2v) is 5.98. The van der Waals surface area contributed by atoms with Gasteiger partial charge in [0.25, 0.3) is 0 Å². The van der Waals surface area contributed by atoms with Gasteiger partial charge in [0.05, 0.1) is 12.8 Å². The van der Waals surface area contributed by atoms with Crippen LogP contribution in [0.25, 0.3) is 0 Å². The van der Waals surface area contributed by atoms with E-state index in [1.54, 1.807) is 7.11 Å². The molecule has 1 saturated carbocycles. The highest BCUT2D eigenvalue weighted by Gasteiger charge is 2.50. The van der Waals surface area contributed by atoms with Crippen LogP contribution in [0.1, 0.15) is 32.3 Å². The number of halogens is 1.